The lowest BCUT2D eigenvalue weighted by atomic mass is 10.2. The average molecular weight is 385 g/mol. The van der Waals surface area contributed by atoms with Gasteiger partial charge in [0.15, 0.2) is 5.96 Å². The van der Waals surface area contributed by atoms with Gasteiger partial charge in [-0.2, -0.15) is 0 Å². The number of benzene rings is 1. The Balaban J connectivity index is 1.90. The van der Waals surface area contributed by atoms with Crippen LogP contribution in [0.2, 0.25) is 0 Å². The monoisotopic (exact) mass is 384 g/mol. The molecule has 0 aliphatic rings. The summed E-state index contributed by atoms with van der Waals surface area (Å²) in [5, 5.41) is 7.47. The Morgan fingerprint density at radius 2 is 2.05 bits per heavy atom. The first-order chi connectivity index (χ1) is 10.5. The van der Waals surface area contributed by atoms with Crippen molar-refractivity contribution < 1.29 is 4.39 Å². The zero-order chi connectivity index (χ0) is 16.1. The minimum atomic E-state index is -0.266. The first-order valence-corrected chi connectivity index (χ1v) is 8.42. The Hall–Kier alpha value is -1.47. The van der Waals surface area contributed by atoms with Gasteiger partial charge < -0.3 is 10.6 Å². The van der Waals surface area contributed by atoms with Gasteiger partial charge >= 0.3 is 0 Å². The number of nitrogens with one attached hydrogen (secondary N) is 2. The molecule has 2 N–H and O–H groups in total. The van der Waals surface area contributed by atoms with Gasteiger partial charge in [-0.1, -0.05) is 6.07 Å². The van der Waals surface area contributed by atoms with E-state index < -0.39 is 0 Å². The number of thiazole rings is 1. The minimum Gasteiger partial charge on any atom is -0.352 e. The van der Waals surface area contributed by atoms with Crippen LogP contribution in [-0.2, 0) is 13.1 Å². The predicted molar refractivity (Wildman–Crippen MR) is 92.7 cm³/mol. The SMILES string of the molecule is CN=C(NCc1ccc(Br)c(F)c1)NCc1sc(C)nc1C. The van der Waals surface area contributed by atoms with Crippen LogP contribution in [0.25, 0.3) is 0 Å². The number of hydrogen-bond acceptors (Lipinski definition) is 3. The van der Waals surface area contributed by atoms with Crippen molar-refractivity contribution in [3.8, 4) is 0 Å². The van der Waals surface area contributed by atoms with Crippen LogP contribution in [0.15, 0.2) is 27.7 Å². The molecule has 0 saturated heterocycles. The molecule has 2 aromatic rings. The number of aliphatic imine (C=N–C) groups is 1. The fourth-order valence-electron chi connectivity index (χ4n) is 1.96. The van der Waals surface area contributed by atoms with Crippen molar-refractivity contribution in [2.45, 2.75) is 26.9 Å². The molecule has 0 fully saturated rings. The molecule has 0 aliphatic carbocycles. The van der Waals surface area contributed by atoms with Gasteiger partial charge in [0, 0.05) is 18.5 Å². The molecule has 0 bridgehead atoms. The summed E-state index contributed by atoms with van der Waals surface area (Å²) >= 11 is 4.82. The highest BCUT2D eigenvalue weighted by Crippen LogP contribution is 2.17. The molecule has 4 nitrogen and oxygen atoms in total. The van der Waals surface area contributed by atoms with Crippen LogP contribution in [0.1, 0.15) is 21.1 Å². The molecule has 0 spiro atoms. The van der Waals surface area contributed by atoms with Crippen molar-refractivity contribution in [3.63, 3.8) is 0 Å². The molecule has 22 heavy (non-hydrogen) atoms. The van der Waals surface area contributed by atoms with Gasteiger partial charge in [0.05, 0.1) is 21.7 Å². The van der Waals surface area contributed by atoms with Gasteiger partial charge in [-0.15, -0.1) is 11.3 Å². The highest BCUT2D eigenvalue weighted by Gasteiger charge is 2.06. The topological polar surface area (TPSA) is 49.3 Å². The van der Waals surface area contributed by atoms with E-state index in [-0.39, 0.29) is 5.82 Å². The second-order valence-electron chi connectivity index (χ2n) is 4.77. The van der Waals surface area contributed by atoms with Crippen molar-refractivity contribution in [1.29, 1.82) is 0 Å². The van der Waals surface area contributed by atoms with Crippen LogP contribution < -0.4 is 10.6 Å². The van der Waals surface area contributed by atoms with Crippen LogP contribution in [0.4, 0.5) is 4.39 Å². The van der Waals surface area contributed by atoms with Crippen molar-refractivity contribution in [2.24, 2.45) is 4.99 Å². The fraction of sp³-hybridized carbons (Fsp3) is 0.333. The maximum atomic E-state index is 13.5. The van der Waals surface area contributed by atoms with Gasteiger partial charge in [0.25, 0.3) is 0 Å². The Bertz CT molecular complexity index is 684. The predicted octanol–water partition coefficient (Wildman–Crippen LogP) is 3.53. The first-order valence-electron chi connectivity index (χ1n) is 6.81. The number of guanidine groups is 1. The van der Waals surface area contributed by atoms with Crippen molar-refractivity contribution in [3.05, 3.63) is 49.6 Å². The van der Waals surface area contributed by atoms with E-state index in [2.05, 4.69) is 36.5 Å². The number of rotatable bonds is 4. The normalized spacial score (nSPS) is 11.6. The molecule has 0 aliphatic heterocycles. The summed E-state index contributed by atoms with van der Waals surface area (Å²) in [4.78, 5) is 9.76. The lowest BCUT2D eigenvalue weighted by molar-refractivity contribution is 0.617. The summed E-state index contributed by atoms with van der Waals surface area (Å²) < 4.78 is 13.9. The van der Waals surface area contributed by atoms with Gasteiger partial charge in [-0.05, 0) is 47.5 Å². The van der Waals surface area contributed by atoms with Gasteiger partial charge in [-0.25, -0.2) is 9.37 Å². The Morgan fingerprint density at radius 3 is 2.64 bits per heavy atom. The molecule has 1 heterocycles. The van der Waals surface area contributed by atoms with Crippen LogP contribution in [0, 0.1) is 19.7 Å². The van der Waals surface area contributed by atoms with E-state index in [0.29, 0.717) is 23.5 Å². The molecule has 0 saturated carbocycles. The standard InChI is InChI=1S/C15H18BrFN4S/c1-9-14(22-10(2)21-9)8-20-15(18-3)19-7-11-4-5-12(16)13(17)6-11/h4-6H,7-8H2,1-3H3,(H2,18,19,20). The van der Waals surface area contributed by atoms with E-state index in [1.807, 2.05) is 19.9 Å². The van der Waals surface area contributed by atoms with E-state index in [1.54, 1.807) is 24.5 Å². The molecular formula is C15H18BrFN4S. The number of aryl methyl sites for hydroxylation is 2. The van der Waals surface area contributed by atoms with Gasteiger partial charge in [0.2, 0.25) is 0 Å². The van der Waals surface area contributed by atoms with Crippen molar-refractivity contribution >= 4 is 33.2 Å². The molecule has 1 aromatic carbocycles. The zero-order valence-corrected chi connectivity index (χ0v) is 15.1. The van der Waals surface area contributed by atoms with E-state index >= 15 is 0 Å². The first kappa shape index (κ1) is 16.9. The number of nitrogens with zero attached hydrogens (tertiary/aromatic N) is 2. The van der Waals surface area contributed by atoms with Crippen molar-refractivity contribution in [1.82, 2.24) is 15.6 Å². The van der Waals surface area contributed by atoms with Crippen LogP contribution in [-0.4, -0.2) is 18.0 Å². The third-order valence-corrected chi connectivity index (χ3v) is 4.80. The average Bonchev–Trinajstić information content (AvgIpc) is 2.81. The molecule has 0 unspecified atom stereocenters. The molecule has 1 aromatic heterocycles. The van der Waals surface area contributed by atoms with E-state index in [0.717, 1.165) is 16.3 Å². The largest absolute Gasteiger partial charge is 0.352 e. The quantitative estimate of drug-likeness (QED) is 0.626. The maximum absolute atomic E-state index is 13.5. The second-order valence-corrected chi connectivity index (χ2v) is 6.91. The highest BCUT2D eigenvalue weighted by molar-refractivity contribution is 9.10. The number of hydrogen-bond donors (Lipinski definition) is 2. The zero-order valence-electron chi connectivity index (χ0n) is 12.7. The Kier molecular flexibility index (Phi) is 5.90. The van der Waals surface area contributed by atoms with Gasteiger partial charge in [-0.3, -0.25) is 4.99 Å². The summed E-state index contributed by atoms with van der Waals surface area (Å²) in [6.07, 6.45) is 0. The third kappa shape index (κ3) is 4.51. The summed E-state index contributed by atoms with van der Waals surface area (Å²) in [7, 11) is 1.71. The maximum Gasteiger partial charge on any atom is 0.191 e. The molecule has 2 rings (SSSR count). The molecular weight excluding hydrogens is 367 g/mol. The van der Waals surface area contributed by atoms with Crippen LogP contribution in [0.5, 0.6) is 0 Å². The van der Waals surface area contributed by atoms with E-state index in [1.165, 1.54) is 10.9 Å². The smallest absolute Gasteiger partial charge is 0.191 e. The Labute approximate surface area is 142 Å². The lowest BCUT2D eigenvalue weighted by Crippen LogP contribution is -2.36. The summed E-state index contributed by atoms with van der Waals surface area (Å²) in [5.41, 5.74) is 1.90. The molecule has 0 radical (unpaired) electrons. The van der Waals surface area contributed by atoms with E-state index in [4.69, 9.17) is 0 Å². The molecule has 7 heteroatoms. The van der Waals surface area contributed by atoms with Crippen LogP contribution in [0.3, 0.4) is 0 Å². The summed E-state index contributed by atoms with van der Waals surface area (Å²) in [6.45, 7) is 5.17. The van der Waals surface area contributed by atoms with Gasteiger partial charge in [0.1, 0.15) is 5.82 Å². The molecule has 0 amide bonds. The summed E-state index contributed by atoms with van der Waals surface area (Å²) in [5.74, 6) is 0.409. The number of halogens is 2. The molecule has 0 atom stereocenters. The third-order valence-electron chi connectivity index (χ3n) is 3.08. The summed E-state index contributed by atoms with van der Waals surface area (Å²) in [6, 6.07) is 5.07. The second kappa shape index (κ2) is 7.69. The van der Waals surface area contributed by atoms with Crippen molar-refractivity contribution in [2.75, 3.05) is 7.05 Å². The Morgan fingerprint density at radius 1 is 1.32 bits per heavy atom. The lowest BCUT2D eigenvalue weighted by Gasteiger charge is -2.11. The van der Waals surface area contributed by atoms with Crippen LogP contribution >= 0.6 is 27.3 Å². The minimum absolute atomic E-state index is 0.266. The van der Waals surface area contributed by atoms with E-state index in [9.17, 15) is 4.39 Å². The highest BCUT2D eigenvalue weighted by atomic mass is 79.9. The molecule has 118 valence electrons. The fourth-order valence-corrected chi connectivity index (χ4v) is 3.08. The number of aromatic nitrogens is 1.